The number of anilines is 1. The van der Waals surface area contributed by atoms with Crippen molar-refractivity contribution in [2.75, 3.05) is 11.9 Å². The fraction of sp³-hybridized carbons (Fsp3) is 0.438. The normalized spacial score (nSPS) is 12.2. The number of esters is 1. The van der Waals surface area contributed by atoms with Gasteiger partial charge in [-0.2, -0.15) is 0 Å². The molecule has 0 spiro atoms. The summed E-state index contributed by atoms with van der Waals surface area (Å²) < 4.78 is 12.4. The zero-order chi connectivity index (χ0) is 32.7. The highest BCUT2D eigenvalue weighted by Crippen LogP contribution is 2.23. The molecule has 1 heterocycles. The van der Waals surface area contributed by atoms with Crippen LogP contribution in [-0.2, 0) is 25.5 Å². The number of rotatable bonds is 10. The quantitative estimate of drug-likeness (QED) is 0.278. The molecule has 0 unspecified atom stereocenters. The van der Waals surface area contributed by atoms with E-state index < -0.39 is 35.2 Å². The van der Waals surface area contributed by atoms with E-state index in [4.69, 9.17) is 9.47 Å². The topological polar surface area (TPSA) is 154 Å². The van der Waals surface area contributed by atoms with Crippen LogP contribution in [0.5, 0.6) is 0 Å². The smallest absolute Gasteiger partial charge is 0.408 e. The van der Waals surface area contributed by atoms with E-state index in [0.717, 1.165) is 5.56 Å². The molecule has 1 atom stereocenters. The largest absolute Gasteiger partial charge is 0.460 e. The summed E-state index contributed by atoms with van der Waals surface area (Å²) in [5.74, 6) is -0.350. The van der Waals surface area contributed by atoms with Gasteiger partial charge in [0.05, 0.1) is 23.8 Å². The number of amides is 3. The number of hydrogen-bond donors (Lipinski definition) is 3. The molecule has 3 amide bonds. The van der Waals surface area contributed by atoms with Crippen LogP contribution in [0.1, 0.15) is 88.5 Å². The number of hydrogen-bond acceptors (Lipinski definition) is 8. The molecule has 2 aromatic carbocycles. The van der Waals surface area contributed by atoms with Crippen LogP contribution in [0, 0.1) is 6.92 Å². The first-order chi connectivity index (χ1) is 20.5. The number of benzene rings is 2. The minimum atomic E-state index is -0.674. The van der Waals surface area contributed by atoms with Gasteiger partial charge in [-0.25, -0.2) is 4.79 Å². The number of aryl methyl sites for hydroxylation is 2. The lowest BCUT2D eigenvalue weighted by Crippen LogP contribution is -2.35. The van der Waals surface area contributed by atoms with Gasteiger partial charge in [0.1, 0.15) is 17.0 Å². The van der Waals surface area contributed by atoms with E-state index in [2.05, 4.69) is 26.1 Å². The lowest BCUT2D eigenvalue weighted by atomic mass is 10.1. The van der Waals surface area contributed by atoms with E-state index in [0.29, 0.717) is 29.4 Å². The van der Waals surface area contributed by atoms with E-state index in [9.17, 15) is 19.2 Å². The zero-order valence-corrected chi connectivity index (χ0v) is 26.6. The molecule has 3 aromatic rings. The number of aromatic nitrogens is 3. The number of alkyl carbamates (subject to hydrolysis) is 1. The van der Waals surface area contributed by atoms with Gasteiger partial charge in [0.25, 0.3) is 5.91 Å². The highest BCUT2D eigenvalue weighted by Gasteiger charge is 2.25. The molecule has 0 saturated carbocycles. The van der Waals surface area contributed by atoms with Gasteiger partial charge in [0.15, 0.2) is 5.82 Å². The lowest BCUT2D eigenvalue weighted by Gasteiger charge is -2.22. The van der Waals surface area contributed by atoms with Gasteiger partial charge in [0, 0.05) is 12.1 Å². The van der Waals surface area contributed by atoms with Crippen LogP contribution >= 0.6 is 0 Å². The summed E-state index contributed by atoms with van der Waals surface area (Å²) in [7, 11) is 0. The maximum Gasteiger partial charge on any atom is 0.408 e. The second-order valence-corrected chi connectivity index (χ2v) is 12.3. The molecular formula is C32H42N6O6. The van der Waals surface area contributed by atoms with Crippen molar-refractivity contribution in [2.45, 2.75) is 85.5 Å². The van der Waals surface area contributed by atoms with Crippen molar-refractivity contribution in [3.05, 3.63) is 71.3 Å². The fourth-order valence-corrected chi connectivity index (χ4v) is 4.31. The van der Waals surface area contributed by atoms with E-state index >= 15 is 0 Å². The summed E-state index contributed by atoms with van der Waals surface area (Å²) in [4.78, 5) is 50.7. The van der Waals surface area contributed by atoms with E-state index in [1.165, 1.54) is 0 Å². The number of para-hydroxylation sites is 2. The monoisotopic (exact) mass is 606 g/mol. The molecule has 44 heavy (non-hydrogen) atoms. The molecule has 0 fully saturated rings. The van der Waals surface area contributed by atoms with Crippen molar-refractivity contribution in [3.63, 3.8) is 0 Å². The molecule has 3 rings (SSSR count). The first kappa shape index (κ1) is 33.8. The minimum Gasteiger partial charge on any atom is -0.460 e. The Bertz CT molecular complexity index is 1500. The summed E-state index contributed by atoms with van der Waals surface area (Å²) in [5, 5.41) is 16.6. The first-order valence-corrected chi connectivity index (χ1v) is 14.4. The van der Waals surface area contributed by atoms with E-state index in [1.807, 2.05) is 32.9 Å². The molecule has 0 radical (unpaired) electrons. The summed E-state index contributed by atoms with van der Waals surface area (Å²) in [6.45, 7) is 13.9. The molecule has 0 saturated heterocycles. The number of carbonyl (C=O) groups excluding carboxylic acids is 4. The molecule has 0 aliphatic carbocycles. The van der Waals surface area contributed by atoms with Crippen molar-refractivity contribution < 1.29 is 28.7 Å². The van der Waals surface area contributed by atoms with Crippen LogP contribution in [0.25, 0.3) is 5.69 Å². The maximum absolute atomic E-state index is 13.3. The summed E-state index contributed by atoms with van der Waals surface area (Å²) >= 11 is 0. The summed E-state index contributed by atoms with van der Waals surface area (Å²) in [6.07, 6.45) is -0.0678. The highest BCUT2D eigenvalue weighted by atomic mass is 16.6. The first-order valence-electron chi connectivity index (χ1n) is 14.4. The van der Waals surface area contributed by atoms with Crippen LogP contribution in [0.2, 0.25) is 0 Å². The molecule has 0 aliphatic heterocycles. The summed E-state index contributed by atoms with van der Waals surface area (Å²) in [6, 6.07) is 13.4. The average molecular weight is 607 g/mol. The Balaban J connectivity index is 1.69. The third-order valence-electron chi connectivity index (χ3n) is 6.08. The number of carbonyl (C=O) groups is 4. The predicted molar refractivity (Wildman–Crippen MR) is 165 cm³/mol. The van der Waals surface area contributed by atoms with E-state index in [-0.39, 0.29) is 24.5 Å². The average Bonchev–Trinajstić information content (AvgIpc) is 3.30. The predicted octanol–water partition coefficient (Wildman–Crippen LogP) is 4.80. The summed E-state index contributed by atoms with van der Waals surface area (Å²) in [5.41, 5.74) is 0.831. The van der Waals surface area contributed by atoms with Gasteiger partial charge in [0.2, 0.25) is 5.91 Å². The lowest BCUT2D eigenvalue weighted by molar-refractivity contribution is -0.154. The Morgan fingerprint density at radius 2 is 1.52 bits per heavy atom. The van der Waals surface area contributed by atoms with Crippen LogP contribution in [0.15, 0.2) is 48.5 Å². The SMILES string of the molecule is Cc1nnc([C@H](C)NC(=O)OC(C)(C)C)n1-c1ccccc1C(=O)NCC(=O)Nc1ccccc1CCC(=O)OC(C)(C)C. The third kappa shape index (κ3) is 9.92. The third-order valence-corrected chi connectivity index (χ3v) is 6.08. The van der Waals surface area contributed by atoms with Gasteiger partial charge in [-0.3, -0.25) is 19.0 Å². The molecule has 12 nitrogen and oxygen atoms in total. The zero-order valence-electron chi connectivity index (χ0n) is 26.6. The van der Waals surface area contributed by atoms with Crippen molar-refractivity contribution in [1.82, 2.24) is 25.4 Å². The Hall–Kier alpha value is -4.74. The molecule has 1 aromatic heterocycles. The van der Waals surface area contributed by atoms with E-state index in [1.54, 1.807) is 75.6 Å². The molecular weight excluding hydrogens is 564 g/mol. The highest BCUT2D eigenvalue weighted by molar-refractivity contribution is 6.01. The number of ether oxygens (including phenoxy) is 2. The van der Waals surface area contributed by atoms with Gasteiger partial charge < -0.3 is 25.4 Å². The fourth-order valence-electron chi connectivity index (χ4n) is 4.31. The molecule has 0 bridgehead atoms. The van der Waals surface area contributed by atoms with Gasteiger partial charge in [-0.15, -0.1) is 10.2 Å². The maximum atomic E-state index is 13.3. The van der Waals surface area contributed by atoms with Crippen molar-refractivity contribution >= 4 is 29.6 Å². The second kappa shape index (κ2) is 14.2. The second-order valence-electron chi connectivity index (χ2n) is 12.3. The van der Waals surface area contributed by atoms with Crippen LogP contribution in [-0.4, -0.2) is 56.4 Å². The Labute approximate surface area is 257 Å². The number of nitrogens with zero attached hydrogens (tertiary/aromatic N) is 3. The van der Waals surface area contributed by atoms with Gasteiger partial charge in [-0.1, -0.05) is 30.3 Å². The Morgan fingerprint density at radius 1 is 0.886 bits per heavy atom. The molecule has 12 heteroatoms. The van der Waals surface area contributed by atoms with Gasteiger partial charge >= 0.3 is 12.1 Å². The Morgan fingerprint density at radius 3 is 2.20 bits per heavy atom. The minimum absolute atomic E-state index is 0.161. The van der Waals surface area contributed by atoms with Crippen LogP contribution in [0.3, 0.4) is 0 Å². The van der Waals surface area contributed by atoms with Crippen LogP contribution in [0.4, 0.5) is 10.5 Å². The molecule has 3 N–H and O–H groups in total. The van der Waals surface area contributed by atoms with Crippen molar-refractivity contribution in [1.29, 1.82) is 0 Å². The van der Waals surface area contributed by atoms with Crippen molar-refractivity contribution in [3.8, 4) is 5.69 Å². The van der Waals surface area contributed by atoms with Crippen molar-refractivity contribution in [2.24, 2.45) is 0 Å². The standard InChI is InChI=1S/C32H42N6O6/c1-20(34-30(42)44-32(6,7)8)28-37-36-21(2)38(28)25-16-12-10-14-23(25)29(41)33-19-26(39)35-24-15-11-9-13-22(24)17-18-27(40)43-31(3,4)5/h9-16,20H,17-19H2,1-8H3,(H,33,41)(H,34,42)(H,35,39)/t20-/m0/s1. The van der Waals surface area contributed by atoms with Gasteiger partial charge in [-0.05, 0) is 85.6 Å². The molecule has 236 valence electrons. The number of nitrogens with one attached hydrogen (secondary N) is 3. The Kier molecular flexibility index (Phi) is 10.9. The molecule has 0 aliphatic rings. The van der Waals surface area contributed by atoms with Crippen LogP contribution < -0.4 is 16.0 Å².